The van der Waals surface area contributed by atoms with Gasteiger partial charge in [-0.25, -0.2) is 0 Å². The molecule has 0 fully saturated rings. The fourth-order valence-electron chi connectivity index (χ4n) is 2.03. The standard InChI is InChI=1S/C15H24N2O/c1-5-12-7-9-13(10-8-12)14(6-2)17-11(3)15(18)16-4/h7-11,14,17H,5-6H2,1-4H3,(H,16,18). The molecule has 1 aromatic rings. The number of hydrogen-bond acceptors (Lipinski definition) is 2. The van der Waals surface area contributed by atoms with Crippen LogP contribution < -0.4 is 10.6 Å². The van der Waals surface area contributed by atoms with E-state index in [2.05, 4.69) is 48.7 Å². The lowest BCUT2D eigenvalue weighted by Gasteiger charge is -2.22. The molecular weight excluding hydrogens is 224 g/mol. The van der Waals surface area contributed by atoms with E-state index in [1.807, 2.05) is 6.92 Å². The van der Waals surface area contributed by atoms with Crippen LogP contribution in [0.25, 0.3) is 0 Å². The first kappa shape index (κ1) is 14.7. The van der Waals surface area contributed by atoms with Gasteiger partial charge in [-0.1, -0.05) is 38.1 Å². The molecule has 18 heavy (non-hydrogen) atoms. The summed E-state index contributed by atoms with van der Waals surface area (Å²) in [4.78, 5) is 11.5. The minimum atomic E-state index is -0.175. The molecule has 0 aliphatic carbocycles. The minimum Gasteiger partial charge on any atom is -0.358 e. The third-order valence-corrected chi connectivity index (χ3v) is 3.29. The molecule has 3 nitrogen and oxygen atoms in total. The lowest BCUT2D eigenvalue weighted by molar-refractivity contribution is -0.122. The Bertz CT molecular complexity index is 373. The van der Waals surface area contributed by atoms with Gasteiger partial charge in [0.05, 0.1) is 6.04 Å². The maximum absolute atomic E-state index is 11.5. The van der Waals surface area contributed by atoms with Gasteiger partial charge in [0.2, 0.25) is 5.91 Å². The Morgan fingerprint density at radius 1 is 1.22 bits per heavy atom. The van der Waals surface area contributed by atoms with Crippen LogP contribution in [0.1, 0.15) is 44.4 Å². The van der Waals surface area contributed by atoms with Crippen molar-refractivity contribution in [1.29, 1.82) is 0 Å². The molecular formula is C15H24N2O. The van der Waals surface area contributed by atoms with Gasteiger partial charge in [-0.05, 0) is 30.9 Å². The van der Waals surface area contributed by atoms with Crippen molar-refractivity contribution in [1.82, 2.24) is 10.6 Å². The molecule has 0 aliphatic rings. The molecule has 1 rings (SSSR count). The zero-order chi connectivity index (χ0) is 13.5. The lowest BCUT2D eigenvalue weighted by atomic mass is 10.0. The summed E-state index contributed by atoms with van der Waals surface area (Å²) in [6, 6.07) is 8.66. The SMILES string of the molecule is CCc1ccc(C(CC)NC(C)C(=O)NC)cc1. The van der Waals surface area contributed by atoms with Crippen LogP contribution in [-0.4, -0.2) is 19.0 Å². The zero-order valence-electron chi connectivity index (χ0n) is 11.8. The zero-order valence-corrected chi connectivity index (χ0v) is 11.8. The lowest BCUT2D eigenvalue weighted by Crippen LogP contribution is -2.42. The van der Waals surface area contributed by atoms with Gasteiger partial charge in [0.1, 0.15) is 0 Å². The summed E-state index contributed by atoms with van der Waals surface area (Å²) < 4.78 is 0. The largest absolute Gasteiger partial charge is 0.358 e. The number of carbonyl (C=O) groups is 1. The van der Waals surface area contributed by atoms with Crippen molar-refractivity contribution < 1.29 is 4.79 Å². The van der Waals surface area contributed by atoms with Gasteiger partial charge >= 0.3 is 0 Å². The van der Waals surface area contributed by atoms with Gasteiger partial charge in [0.15, 0.2) is 0 Å². The first-order chi connectivity index (χ1) is 8.62. The highest BCUT2D eigenvalue weighted by molar-refractivity contribution is 5.80. The number of hydrogen-bond donors (Lipinski definition) is 2. The number of benzene rings is 1. The van der Waals surface area contributed by atoms with Gasteiger partial charge < -0.3 is 5.32 Å². The topological polar surface area (TPSA) is 41.1 Å². The second kappa shape index (κ2) is 7.17. The predicted molar refractivity (Wildman–Crippen MR) is 75.5 cm³/mol. The molecule has 0 saturated heterocycles. The fraction of sp³-hybridized carbons (Fsp3) is 0.533. The first-order valence-corrected chi connectivity index (χ1v) is 6.68. The molecule has 1 amide bonds. The molecule has 0 aromatic heterocycles. The molecule has 0 saturated carbocycles. The maximum atomic E-state index is 11.5. The second-order valence-electron chi connectivity index (χ2n) is 4.56. The van der Waals surface area contributed by atoms with Crippen molar-refractivity contribution >= 4 is 5.91 Å². The third kappa shape index (κ3) is 3.84. The number of amides is 1. The Hall–Kier alpha value is -1.35. The average molecular weight is 248 g/mol. The van der Waals surface area contributed by atoms with Crippen molar-refractivity contribution in [3.05, 3.63) is 35.4 Å². The summed E-state index contributed by atoms with van der Waals surface area (Å²) in [7, 11) is 1.66. The van der Waals surface area contributed by atoms with E-state index in [9.17, 15) is 4.79 Å². The van der Waals surface area contributed by atoms with Crippen LogP contribution in [-0.2, 0) is 11.2 Å². The molecule has 2 atom stereocenters. The number of nitrogens with one attached hydrogen (secondary N) is 2. The fourth-order valence-corrected chi connectivity index (χ4v) is 2.03. The second-order valence-corrected chi connectivity index (χ2v) is 4.56. The summed E-state index contributed by atoms with van der Waals surface area (Å²) in [6.07, 6.45) is 2.02. The molecule has 0 spiro atoms. The van der Waals surface area contributed by atoms with Gasteiger partial charge in [-0.3, -0.25) is 10.1 Å². The van der Waals surface area contributed by atoms with E-state index in [0.29, 0.717) is 0 Å². The number of rotatable bonds is 6. The Morgan fingerprint density at radius 2 is 1.83 bits per heavy atom. The van der Waals surface area contributed by atoms with E-state index in [4.69, 9.17) is 0 Å². The molecule has 100 valence electrons. The monoisotopic (exact) mass is 248 g/mol. The van der Waals surface area contributed by atoms with E-state index >= 15 is 0 Å². The number of likely N-dealkylation sites (N-methyl/N-ethyl adjacent to an activating group) is 1. The summed E-state index contributed by atoms with van der Waals surface area (Å²) in [5.74, 6) is 0.0265. The molecule has 3 heteroatoms. The number of carbonyl (C=O) groups excluding carboxylic acids is 1. The van der Waals surface area contributed by atoms with Crippen molar-refractivity contribution in [3.63, 3.8) is 0 Å². The normalized spacial score (nSPS) is 14.0. The highest BCUT2D eigenvalue weighted by Crippen LogP contribution is 2.18. The molecule has 0 heterocycles. The smallest absolute Gasteiger partial charge is 0.236 e. The first-order valence-electron chi connectivity index (χ1n) is 6.68. The molecule has 0 bridgehead atoms. The van der Waals surface area contributed by atoms with E-state index in [1.54, 1.807) is 7.05 Å². The van der Waals surface area contributed by atoms with E-state index in [1.165, 1.54) is 11.1 Å². The Kier molecular flexibility index (Phi) is 5.86. The van der Waals surface area contributed by atoms with Crippen molar-refractivity contribution in [2.45, 2.75) is 45.7 Å². The van der Waals surface area contributed by atoms with Crippen molar-refractivity contribution in [2.75, 3.05) is 7.05 Å². The maximum Gasteiger partial charge on any atom is 0.236 e. The molecule has 1 aromatic carbocycles. The van der Waals surface area contributed by atoms with Gasteiger partial charge in [-0.15, -0.1) is 0 Å². The van der Waals surface area contributed by atoms with Crippen LogP contribution in [0.15, 0.2) is 24.3 Å². The average Bonchev–Trinajstić information content (AvgIpc) is 2.43. The van der Waals surface area contributed by atoms with Gasteiger partial charge in [0, 0.05) is 13.1 Å². The highest BCUT2D eigenvalue weighted by atomic mass is 16.2. The molecule has 2 unspecified atom stereocenters. The predicted octanol–water partition coefficient (Wildman–Crippen LogP) is 2.42. The minimum absolute atomic E-state index is 0.0265. The van der Waals surface area contributed by atoms with Crippen LogP contribution in [0, 0.1) is 0 Å². The summed E-state index contributed by atoms with van der Waals surface area (Å²) in [6.45, 7) is 6.17. The Balaban J connectivity index is 2.73. The van der Waals surface area contributed by atoms with Crippen LogP contribution in [0.4, 0.5) is 0 Å². The summed E-state index contributed by atoms with van der Waals surface area (Å²) in [5, 5.41) is 6.02. The highest BCUT2D eigenvalue weighted by Gasteiger charge is 2.16. The van der Waals surface area contributed by atoms with Gasteiger partial charge in [0.25, 0.3) is 0 Å². The Labute approximate surface area is 110 Å². The quantitative estimate of drug-likeness (QED) is 0.812. The van der Waals surface area contributed by atoms with Crippen LogP contribution in [0.2, 0.25) is 0 Å². The van der Waals surface area contributed by atoms with Crippen LogP contribution in [0.5, 0.6) is 0 Å². The molecule has 2 N–H and O–H groups in total. The van der Waals surface area contributed by atoms with Gasteiger partial charge in [-0.2, -0.15) is 0 Å². The third-order valence-electron chi connectivity index (χ3n) is 3.29. The number of aryl methyl sites for hydroxylation is 1. The van der Waals surface area contributed by atoms with E-state index in [0.717, 1.165) is 12.8 Å². The molecule has 0 aliphatic heterocycles. The Morgan fingerprint density at radius 3 is 2.28 bits per heavy atom. The van der Waals surface area contributed by atoms with Crippen molar-refractivity contribution in [3.8, 4) is 0 Å². The van der Waals surface area contributed by atoms with E-state index < -0.39 is 0 Å². The van der Waals surface area contributed by atoms with Crippen LogP contribution in [0.3, 0.4) is 0 Å². The summed E-state index contributed by atoms with van der Waals surface area (Å²) >= 11 is 0. The summed E-state index contributed by atoms with van der Waals surface area (Å²) in [5.41, 5.74) is 2.58. The van der Waals surface area contributed by atoms with Crippen LogP contribution >= 0.6 is 0 Å². The molecule has 0 radical (unpaired) electrons. The van der Waals surface area contributed by atoms with E-state index in [-0.39, 0.29) is 18.0 Å². The van der Waals surface area contributed by atoms with Crippen molar-refractivity contribution in [2.24, 2.45) is 0 Å².